The van der Waals surface area contributed by atoms with Crippen LogP contribution < -0.4 is 5.32 Å². The van der Waals surface area contributed by atoms with Gasteiger partial charge in [0.05, 0.1) is 5.56 Å². The smallest absolute Gasteiger partial charge is 0.266 e. The highest BCUT2D eigenvalue weighted by molar-refractivity contribution is 9.10. The molecule has 3 nitrogen and oxygen atoms in total. The molecule has 3 aromatic rings. The molecular formula is C16H10BrClF3N3. The van der Waals surface area contributed by atoms with Gasteiger partial charge in [-0.15, -0.1) is 10.2 Å². The van der Waals surface area contributed by atoms with E-state index in [1.54, 1.807) is 12.1 Å². The van der Waals surface area contributed by atoms with Gasteiger partial charge in [0.15, 0.2) is 11.0 Å². The number of nitrogens with zero attached hydrogens (tertiary/aromatic N) is 2. The summed E-state index contributed by atoms with van der Waals surface area (Å²) in [4.78, 5) is 0. The topological polar surface area (TPSA) is 37.8 Å². The van der Waals surface area contributed by atoms with Crippen LogP contribution in [0.2, 0.25) is 5.15 Å². The van der Waals surface area contributed by atoms with E-state index in [4.69, 9.17) is 11.6 Å². The van der Waals surface area contributed by atoms with Crippen molar-refractivity contribution >= 4 is 44.1 Å². The van der Waals surface area contributed by atoms with Crippen LogP contribution in [0.15, 0.2) is 40.9 Å². The van der Waals surface area contributed by atoms with Crippen molar-refractivity contribution in [1.82, 2.24) is 10.2 Å². The molecule has 0 aliphatic heterocycles. The van der Waals surface area contributed by atoms with Crippen molar-refractivity contribution < 1.29 is 13.2 Å². The third kappa shape index (κ3) is 3.32. The van der Waals surface area contributed by atoms with Crippen molar-refractivity contribution in [2.24, 2.45) is 0 Å². The summed E-state index contributed by atoms with van der Waals surface area (Å²) in [6.07, 6.45) is -2.86. The van der Waals surface area contributed by atoms with Crippen molar-refractivity contribution in [2.45, 2.75) is 13.0 Å². The SMILES string of the molecule is Fc1c(CNc2nnc(Cl)c3cc(Br)ccc23)cccc1C(F)F. The molecule has 0 unspecified atom stereocenters. The Morgan fingerprint density at radius 3 is 2.67 bits per heavy atom. The van der Waals surface area contributed by atoms with Crippen LogP contribution >= 0.6 is 27.5 Å². The predicted molar refractivity (Wildman–Crippen MR) is 90.9 cm³/mol. The Labute approximate surface area is 149 Å². The summed E-state index contributed by atoms with van der Waals surface area (Å²) in [5.74, 6) is -0.530. The van der Waals surface area contributed by atoms with Crippen LogP contribution in [0.3, 0.4) is 0 Å². The molecule has 0 radical (unpaired) electrons. The van der Waals surface area contributed by atoms with E-state index in [9.17, 15) is 13.2 Å². The molecule has 124 valence electrons. The van der Waals surface area contributed by atoms with Crippen LogP contribution in [-0.4, -0.2) is 10.2 Å². The fourth-order valence-electron chi connectivity index (χ4n) is 2.31. The van der Waals surface area contributed by atoms with Gasteiger partial charge in [-0.1, -0.05) is 45.7 Å². The van der Waals surface area contributed by atoms with E-state index in [1.165, 1.54) is 12.1 Å². The molecule has 0 saturated carbocycles. The van der Waals surface area contributed by atoms with Crippen molar-refractivity contribution in [1.29, 1.82) is 0 Å². The Hall–Kier alpha value is -1.86. The average Bonchev–Trinajstić information content (AvgIpc) is 2.55. The maximum absolute atomic E-state index is 14.1. The Kier molecular flexibility index (Phi) is 4.91. The lowest BCUT2D eigenvalue weighted by Gasteiger charge is -2.11. The van der Waals surface area contributed by atoms with E-state index < -0.39 is 17.8 Å². The van der Waals surface area contributed by atoms with E-state index in [1.807, 2.05) is 6.07 Å². The number of aromatic nitrogens is 2. The molecule has 0 spiro atoms. The number of nitrogens with one attached hydrogen (secondary N) is 1. The van der Waals surface area contributed by atoms with E-state index in [2.05, 4.69) is 31.4 Å². The summed E-state index contributed by atoms with van der Waals surface area (Å²) in [5.41, 5.74) is -0.500. The van der Waals surface area contributed by atoms with Gasteiger partial charge in [0.1, 0.15) is 5.82 Å². The van der Waals surface area contributed by atoms with Crippen LogP contribution in [-0.2, 0) is 6.54 Å². The summed E-state index contributed by atoms with van der Waals surface area (Å²) in [7, 11) is 0. The molecule has 1 aromatic heterocycles. The summed E-state index contributed by atoms with van der Waals surface area (Å²) in [6, 6.07) is 9.28. The first-order valence-electron chi connectivity index (χ1n) is 6.88. The first-order chi connectivity index (χ1) is 11.5. The Balaban J connectivity index is 1.92. The second kappa shape index (κ2) is 6.94. The quantitative estimate of drug-likeness (QED) is 0.590. The van der Waals surface area contributed by atoms with Gasteiger partial charge in [0.25, 0.3) is 6.43 Å². The molecule has 24 heavy (non-hydrogen) atoms. The number of alkyl halides is 2. The van der Waals surface area contributed by atoms with E-state index in [0.717, 1.165) is 10.5 Å². The minimum absolute atomic E-state index is 0.00608. The highest BCUT2D eigenvalue weighted by atomic mass is 79.9. The first-order valence-corrected chi connectivity index (χ1v) is 8.05. The Morgan fingerprint density at radius 2 is 1.92 bits per heavy atom. The van der Waals surface area contributed by atoms with E-state index >= 15 is 0 Å². The van der Waals surface area contributed by atoms with Crippen molar-refractivity contribution in [2.75, 3.05) is 5.32 Å². The molecule has 3 rings (SSSR count). The van der Waals surface area contributed by atoms with Crippen LogP contribution in [0.1, 0.15) is 17.6 Å². The molecule has 1 heterocycles. The molecule has 0 fully saturated rings. The molecule has 0 saturated heterocycles. The number of hydrogen-bond acceptors (Lipinski definition) is 3. The summed E-state index contributed by atoms with van der Waals surface area (Å²) < 4.78 is 40.4. The maximum atomic E-state index is 14.1. The lowest BCUT2D eigenvalue weighted by molar-refractivity contribution is 0.146. The van der Waals surface area contributed by atoms with Crippen LogP contribution in [0, 0.1) is 5.82 Å². The van der Waals surface area contributed by atoms with Gasteiger partial charge in [-0.05, 0) is 18.2 Å². The number of anilines is 1. The molecule has 2 aromatic carbocycles. The standard InChI is InChI=1S/C16H10BrClF3N3/c17-9-4-5-10-12(6-9)14(18)23-24-16(10)22-7-8-2-1-3-11(13(8)19)15(20)21/h1-6,15H,7H2,(H,22,24). The second-order valence-electron chi connectivity index (χ2n) is 5.00. The minimum atomic E-state index is -2.86. The van der Waals surface area contributed by atoms with Gasteiger partial charge in [-0.25, -0.2) is 13.2 Å². The van der Waals surface area contributed by atoms with Crippen molar-refractivity contribution in [3.05, 3.63) is 63.0 Å². The Bertz CT molecular complexity index is 905. The first kappa shape index (κ1) is 17.0. The van der Waals surface area contributed by atoms with Crippen LogP contribution in [0.5, 0.6) is 0 Å². The molecule has 0 aliphatic rings. The molecule has 1 N–H and O–H groups in total. The Morgan fingerprint density at radius 1 is 1.12 bits per heavy atom. The fourth-order valence-corrected chi connectivity index (χ4v) is 2.86. The third-order valence-corrected chi connectivity index (χ3v) is 4.26. The highest BCUT2D eigenvalue weighted by Gasteiger charge is 2.16. The second-order valence-corrected chi connectivity index (χ2v) is 6.28. The van der Waals surface area contributed by atoms with Crippen molar-refractivity contribution in [3.8, 4) is 0 Å². The maximum Gasteiger partial charge on any atom is 0.266 e. The largest absolute Gasteiger partial charge is 0.364 e. The number of rotatable bonds is 4. The zero-order chi connectivity index (χ0) is 17.3. The lowest BCUT2D eigenvalue weighted by atomic mass is 10.1. The molecular weight excluding hydrogens is 407 g/mol. The van der Waals surface area contributed by atoms with E-state index in [-0.39, 0.29) is 17.3 Å². The van der Waals surface area contributed by atoms with Crippen LogP contribution in [0.25, 0.3) is 10.8 Å². The average molecular weight is 417 g/mol. The number of halogens is 5. The normalized spacial score (nSPS) is 11.2. The monoisotopic (exact) mass is 415 g/mol. The van der Waals surface area contributed by atoms with Gasteiger partial charge in [-0.3, -0.25) is 0 Å². The van der Waals surface area contributed by atoms with E-state index in [0.29, 0.717) is 16.6 Å². The fraction of sp³-hybridized carbons (Fsp3) is 0.125. The number of fused-ring (bicyclic) bond motifs is 1. The van der Waals surface area contributed by atoms with Crippen molar-refractivity contribution in [3.63, 3.8) is 0 Å². The molecule has 0 amide bonds. The van der Waals surface area contributed by atoms with Gasteiger partial charge < -0.3 is 5.32 Å². The zero-order valence-corrected chi connectivity index (χ0v) is 14.4. The zero-order valence-electron chi connectivity index (χ0n) is 12.0. The summed E-state index contributed by atoms with van der Waals surface area (Å²) in [5, 5.41) is 12.3. The van der Waals surface area contributed by atoms with Gasteiger partial charge in [0.2, 0.25) is 0 Å². The molecule has 0 aliphatic carbocycles. The molecule has 8 heteroatoms. The highest BCUT2D eigenvalue weighted by Crippen LogP contribution is 2.29. The third-order valence-electron chi connectivity index (χ3n) is 3.49. The summed E-state index contributed by atoms with van der Waals surface area (Å²) in [6.45, 7) is -0.00608. The van der Waals surface area contributed by atoms with Gasteiger partial charge in [0, 0.05) is 27.4 Å². The lowest BCUT2D eigenvalue weighted by Crippen LogP contribution is -2.06. The number of hydrogen-bond donors (Lipinski definition) is 1. The minimum Gasteiger partial charge on any atom is -0.364 e. The van der Waals surface area contributed by atoms with Gasteiger partial charge in [-0.2, -0.15) is 0 Å². The number of benzene rings is 2. The van der Waals surface area contributed by atoms with Gasteiger partial charge >= 0.3 is 0 Å². The summed E-state index contributed by atoms with van der Waals surface area (Å²) >= 11 is 9.38. The molecule has 0 atom stereocenters. The molecule has 0 bridgehead atoms. The van der Waals surface area contributed by atoms with Crippen LogP contribution in [0.4, 0.5) is 19.0 Å². The predicted octanol–water partition coefficient (Wildman–Crippen LogP) is 5.73.